The highest BCUT2D eigenvalue weighted by atomic mass is 79.9. The van der Waals surface area contributed by atoms with Gasteiger partial charge in [0.25, 0.3) is 11.6 Å². The molecule has 0 aromatic heterocycles. The molecule has 3 N–H and O–H groups in total. The number of nitrogen functional groups attached to an aromatic ring is 1. The Hall–Kier alpha value is -2.41. The van der Waals surface area contributed by atoms with Crippen molar-refractivity contribution in [3.05, 3.63) is 62.1 Å². The van der Waals surface area contributed by atoms with Gasteiger partial charge in [-0.05, 0) is 46.6 Å². The summed E-state index contributed by atoms with van der Waals surface area (Å²) in [6.07, 6.45) is 0. The summed E-state index contributed by atoms with van der Waals surface area (Å²) < 4.78 is 0.437. The van der Waals surface area contributed by atoms with E-state index >= 15 is 0 Å². The first kappa shape index (κ1) is 15.0. The highest BCUT2D eigenvalue weighted by Crippen LogP contribution is 2.28. The third-order valence-electron chi connectivity index (χ3n) is 3.03. The average Bonchev–Trinajstić information content (AvgIpc) is 2.43. The van der Waals surface area contributed by atoms with Crippen LogP contribution in [0.3, 0.4) is 0 Å². The largest absolute Gasteiger partial charge is 0.398 e. The summed E-state index contributed by atoms with van der Waals surface area (Å²) >= 11 is 3.21. The molecule has 0 bridgehead atoms. The van der Waals surface area contributed by atoms with Gasteiger partial charge in [0.1, 0.15) is 0 Å². The number of hydrogen-bond acceptors (Lipinski definition) is 4. The number of anilines is 2. The van der Waals surface area contributed by atoms with Crippen molar-refractivity contribution < 1.29 is 9.72 Å². The van der Waals surface area contributed by atoms with E-state index < -0.39 is 4.92 Å². The number of halogens is 1. The van der Waals surface area contributed by atoms with Crippen LogP contribution in [-0.2, 0) is 0 Å². The van der Waals surface area contributed by atoms with Crippen LogP contribution in [-0.4, -0.2) is 10.8 Å². The van der Waals surface area contributed by atoms with Crippen LogP contribution in [0, 0.1) is 17.0 Å². The number of amides is 1. The zero-order valence-electron chi connectivity index (χ0n) is 11.1. The number of hydrogen-bond donors (Lipinski definition) is 2. The van der Waals surface area contributed by atoms with Crippen molar-refractivity contribution >= 4 is 38.9 Å². The Morgan fingerprint density at radius 1 is 1.33 bits per heavy atom. The van der Waals surface area contributed by atoms with Crippen molar-refractivity contribution in [2.75, 3.05) is 11.1 Å². The lowest BCUT2D eigenvalue weighted by molar-refractivity contribution is -0.384. The van der Waals surface area contributed by atoms with Crippen LogP contribution in [0.15, 0.2) is 40.9 Å². The van der Waals surface area contributed by atoms with E-state index in [-0.39, 0.29) is 11.6 Å². The summed E-state index contributed by atoms with van der Waals surface area (Å²) in [6.45, 7) is 1.76. The van der Waals surface area contributed by atoms with Gasteiger partial charge in [0, 0.05) is 27.9 Å². The topological polar surface area (TPSA) is 98.3 Å². The maximum Gasteiger partial charge on any atom is 0.270 e. The van der Waals surface area contributed by atoms with Crippen molar-refractivity contribution in [1.29, 1.82) is 0 Å². The molecule has 0 aliphatic carbocycles. The van der Waals surface area contributed by atoms with Gasteiger partial charge >= 0.3 is 0 Å². The van der Waals surface area contributed by atoms with Crippen LogP contribution >= 0.6 is 15.9 Å². The van der Waals surface area contributed by atoms with Gasteiger partial charge in [0.15, 0.2) is 0 Å². The van der Waals surface area contributed by atoms with E-state index in [1.54, 1.807) is 25.1 Å². The zero-order valence-corrected chi connectivity index (χ0v) is 12.7. The number of nitrogens with one attached hydrogen (secondary N) is 1. The van der Waals surface area contributed by atoms with Crippen LogP contribution in [0.5, 0.6) is 0 Å². The van der Waals surface area contributed by atoms with E-state index in [1.165, 1.54) is 18.2 Å². The summed E-state index contributed by atoms with van der Waals surface area (Å²) in [7, 11) is 0. The van der Waals surface area contributed by atoms with Gasteiger partial charge in [0.05, 0.1) is 10.6 Å². The van der Waals surface area contributed by atoms with Gasteiger partial charge in [-0.3, -0.25) is 14.9 Å². The molecule has 1 amide bonds. The fourth-order valence-electron chi connectivity index (χ4n) is 1.81. The number of non-ortho nitro benzene ring substituents is 1. The smallest absolute Gasteiger partial charge is 0.270 e. The van der Waals surface area contributed by atoms with E-state index in [0.717, 1.165) is 0 Å². The molecule has 0 aliphatic heterocycles. The van der Waals surface area contributed by atoms with Gasteiger partial charge < -0.3 is 11.1 Å². The van der Waals surface area contributed by atoms with Crippen molar-refractivity contribution in [2.24, 2.45) is 0 Å². The molecule has 6 nitrogen and oxygen atoms in total. The van der Waals surface area contributed by atoms with Gasteiger partial charge in [-0.2, -0.15) is 0 Å². The number of carbonyl (C=O) groups is 1. The molecule has 2 aromatic rings. The molecule has 108 valence electrons. The Kier molecular flexibility index (Phi) is 4.23. The standard InChI is InChI=1S/C14H12BrN3O3/c1-8-10(3-2-4-12(8)16)14(19)17-13-6-5-9(18(20)21)7-11(13)15/h2-7H,16H2,1H3,(H,17,19). The Labute approximate surface area is 129 Å². The molecule has 0 spiro atoms. The van der Waals surface area contributed by atoms with Crippen LogP contribution in [0.25, 0.3) is 0 Å². The van der Waals surface area contributed by atoms with E-state index in [2.05, 4.69) is 21.2 Å². The Morgan fingerprint density at radius 2 is 2.05 bits per heavy atom. The van der Waals surface area contributed by atoms with E-state index in [0.29, 0.717) is 27.0 Å². The summed E-state index contributed by atoms with van der Waals surface area (Å²) in [5.41, 5.74) is 7.85. The molecule has 0 saturated heterocycles. The molecule has 21 heavy (non-hydrogen) atoms. The highest BCUT2D eigenvalue weighted by molar-refractivity contribution is 9.10. The molecule has 0 heterocycles. The number of nitrogens with zero attached hydrogens (tertiary/aromatic N) is 1. The van der Waals surface area contributed by atoms with Crippen LogP contribution in [0.2, 0.25) is 0 Å². The van der Waals surface area contributed by atoms with Gasteiger partial charge in [-0.1, -0.05) is 6.07 Å². The monoisotopic (exact) mass is 349 g/mol. The average molecular weight is 350 g/mol. The first-order valence-corrected chi connectivity index (χ1v) is 6.80. The van der Waals surface area contributed by atoms with Crippen molar-refractivity contribution in [2.45, 2.75) is 6.92 Å². The highest BCUT2D eigenvalue weighted by Gasteiger charge is 2.14. The number of carbonyl (C=O) groups excluding carboxylic acids is 1. The Bertz CT molecular complexity index is 731. The first-order valence-electron chi connectivity index (χ1n) is 6.00. The molecule has 0 radical (unpaired) electrons. The van der Waals surface area contributed by atoms with E-state index in [9.17, 15) is 14.9 Å². The summed E-state index contributed by atoms with van der Waals surface area (Å²) in [5, 5.41) is 13.4. The third-order valence-corrected chi connectivity index (χ3v) is 3.69. The minimum absolute atomic E-state index is 0.0555. The van der Waals surface area contributed by atoms with Crippen LogP contribution in [0.1, 0.15) is 15.9 Å². The fourth-order valence-corrected chi connectivity index (χ4v) is 2.27. The normalized spacial score (nSPS) is 10.2. The molecule has 0 aliphatic rings. The number of nitro benzene ring substituents is 1. The summed E-state index contributed by atoms with van der Waals surface area (Å²) in [4.78, 5) is 22.4. The predicted octanol–water partition coefficient (Wildman–Crippen LogP) is 3.50. The van der Waals surface area contributed by atoms with Crippen molar-refractivity contribution in [1.82, 2.24) is 0 Å². The molecular weight excluding hydrogens is 338 g/mol. The second kappa shape index (κ2) is 5.92. The minimum atomic E-state index is -0.502. The number of benzene rings is 2. The zero-order chi connectivity index (χ0) is 15.6. The Balaban J connectivity index is 2.28. The molecule has 0 fully saturated rings. The molecule has 0 atom stereocenters. The molecule has 0 saturated carbocycles. The fraction of sp³-hybridized carbons (Fsp3) is 0.0714. The molecular formula is C14H12BrN3O3. The van der Waals surface area contributed by atoms with Crippen molar-refractivity contribution in [3.63, 3.8) is 0 Å². The maximum absolute atomic E-state index is 12.2. The van der Waals surface area contributed by atoms with Crippen molar-refractivity contribution in [3.8, 4) is 0 Å². The minimum Gasteiger partial charge on any atom is -0.398 e. The lowest BCUT2D eigenvalue weighted by Crippen LogP contribution is -2.14. The molecule has 7 heteroatoms. The SMILES string of the molecule is Cc1c(N)cccc1C(=O)Nc1ccc([N+](=O)[O-])cc1Br. The number of rotatable bonds is 3. The van der Waals surface area contributed by atoms with Gasteiger partial charge in [0.2, 0.25) is 0 Å². The van der Waals surface area contributed by atoms with Crippen LogP contribution in [0.4, 0.5) is 17.1 Å². The molecule has 2 rings (SSSR count). The first-order chi connectivity index (χ1) is 9.90. The quantitative estimate of drug-likeness (QED) is 0.503. The van der Waals surface area contributed by atoms with Gasteiger partial charge in [-0.25, -0.2) is 0 Å². The molecule has 2 aromatic carbocycles. The summed E-state index contributed by atoms with van der Waals surface area (Å²) in [5.74, 6) is -0.325. The molecule has 0 unspecified atom stereocenters. The number of nitro groups is 1. The Morgan fingerprint density at radius 3 is 2.67 bits per heavy atom. The maximum atomic E-state index is 12.2. The van der Waals surface area contributed by atoms with Gasteiger partial charge in [-0.15, -0.1) is 0 Å². The second-order valence-corrected chi connectivity index (χ2v) is 5.25. The van der Waals surface area contributed by atoms with E-state index in [1.807, 2.05) is 0 Å². The number of nitrogens with two attached hydrogens (primary N) is 1. The summed E-state index contributed by atoms with van der Waals surface area (Å²) in [6, 6.07) is 9.21. The predicted molar refractivity (Wildman–Crippen MR) is 84.3 cm³/mol. The lowest BCUT2D eigenvalue weighted by atomic mass is 10.1. The van der Waals surface area contributed by atoms with Crippen LogP contribution < -0.4 is 11.1 Å². The van der Waals surface area contributed by atoms with E-state index in [4.69, 9.17) is 5.73 Å². The lowest BCUT2D eigenvalue weighted by Gasteiger charge is -2.10. The second-order valence-electron chi connectivity index (χ2n) is 4.40. The third kappa shape index (κ3) is 3.19.